The van der Waals surface area contributed by atoms with E-state index in [1.807, 2.05) is 0 Å². The number of aromatic nitrogens is 2. The van der Waals surface area contributed by atoms with Crippen molar-refractivity contribution in [2.45, 2.75) is 0 Å². The lowest BCUT2D eigenvalue weighted by Gasteiger charge is -2.08. The maximum Gasteiger partial charge on any atom is 0.146 e. The predicted molar refractivity (Wildman–Crippen MR) is 44.1 cm³/mol. The minimum atomic E-state index is -2.80. The summed E-state index contributed by atoms with van der Waals surface area (Å²) < 4.78 is 43.3. The predicted octanol–water partition coefficient (Wildman–Crippen LogP) is 1.31. The van der Waals surface area contributed by atoms with Gasteiger partial charge < -0.3 is 4.90 Å². The normalized spacial score (nSPS) is 20.9. The summed E-state index contributed by atoms with van der Waals surface area (Å²) in [6.45, 7) is -5.60. The SMILES string of the molecule is [2H][13C]([2H])([2H])N(c1cnc(Br)cn1)[13C]([2H])([2H])[2H]. The van der Waals surface area contributed by atoms with Crippen LogP contribution >= 0.6 is 15.9 Å². The molecule has 54 valence electrons. The van der Waals surface area contributed by atoms with Gasteiger partial charge in [-0.3, -0.25) is 0 Å². The molecule has 10 heavy (non-hydrogen) atoms. The maximum atomic E-state index is 7.16. The van der Waals surface area contributed by atoms with Crippen LogP contribution in [0.15, 0.2) is 17.0 Å². The highest BCUT2D eigenvalue weighted by atomic mass is 79.9. The molecule has 3 nitrogen and oxygen atoms in total. The second-order valence-corrected chi connectivity index (χ2v) is 2.35. The largest absolute Gasteiger partial charge is 0.361 e. The number of rotatable bonds is 1. The van der Waals surface area contributed by atoms with Crippen LogP contribution in [0, 0.1) is 0 Å². The van der Waals surface area contributed by atoms with E-state index in [-0.39, 0.29) is 10.7 Å². The molecule has 0 atom stereocenters. The Morgan fingerprint density at radius 2 is 2.30 bits per heavy atom. The molecule has 1 aromatic rings. The van der Waals surface area contributed by atoms with Crippen molar-refractivity contribution >= 4 is 21.7 Å². The molecule has 0 aliphatic rings. The van der Waals surface area contributed by atoms with Gasteiger partial charge in [-0.15, -0.1) is 0 Å². The van der Waals surface area contributed by atoms with E-state index in [0.29, 0.717) is 4.60 Å². The third-order valence-electron chi connectivity index (χ3n) is 0.836. The van der Waals surface area contributed by atoms with E-state index in [0.717, 1.165) is 6.20 Å². The van der Waals surface area contributed by atoms with E-state index >= 15 is 0 Å². The van der Waals surface area contributed by atoms with Gasteiger partial charge in [-0.1, -0.05) is 0 Å². The summed E-state index contributed by atoms with van der Waals surface area (Å²) in [5.74, 6) is -0.219. The molecular weight excluding hydrogens is 196 g/mol. The Balaban J connectivity index is 3.18. The third-order valence-corrected chi connectivity index (χ3v) is 1.25. The zero-order chi connectivity index (χ0) is 12.6. The van der Waals surface area contributed by atoms with Crippen molar-refractivity contribution in [2.24, 2.45) is 0 Å². The maximum absolute atomic E-state index is 7.16. The first-order chi connectivity index (χ1) is 7.12. The molecule has 0 aromatic carbocycles. The fourth-order valence-electron chi connectivity index (χ4n) is 0.421. The van der Waals surface area contributed by atoms with Crippen molar-refractivity contribution in [2.75, 3.05) is 18.9 Å². The summed E-state index contributed by atoms with van der Waals surface area (Å²) in [5, 5.41) is 0. The number of hydrogen-bond acceptors (Lipinski definition) is 3. The van der Waals surface area contributed by atoms with Crippen LogP contribution in [0.25, 0.3) is 0 Å². The van der Waals surface area contributed by atoms with Crippen molar-refractivity contribution < 1.29 is 8.22 Å². The monoisotopic (exact) mass is 209 g/mol. The highest BCUT2D eigenvalue weighted by Gasteiger charge is 1.94. The van der Waals surface area contributed by atoms with Gasteiger partial charge in [0.1, 0.15) is 10.4 Å². The van der Waals surface area contributed by atoms with Gasteiger partial charge in [-0.05, 0) is 15.9 Å². The number of hydrogen-bond donors (Lipinski definition) is 0. The molecule has 0 spiro atoms. The second kappa shape index (κ2) is 2.96. The summed E-state index contributed by atoms with van der Waals surface area (Å²) in [4.78, 5) is 7.72. The first-order valence-corrected chi connectivity index (χ1v) is 3.19. The standard InChI is InChI=1S/C6H8BrN3/c1-10(2)6-4-8-5(7)3-9-6/h3-4H,1-2H3/i1+1D3,2+1D3. The average molecular weight is 210 g/mol. The summed E-state index contributed by atoms with van der Waals surface area (Å²) in [6, 6.07) is 0. The van der Waals surface area contributed by atoms with Crippen molar-refractivity contribution in [3.63, 3.8) is 0 Å². The molecule has 1 aromatic heterocycles. The Bertz CT molecular complexity index is 344. The summed E-state index contributed by atoms with van der Waals surface area (Å²) in [5.41, 5.74) is 0. The molecule has 0 radical (unpaired) electrons. The summed E-state index contributed by atoms with van der Waals surface area (Å²) in [6.07, 6.45) is 2.32. The molecule has 0 unspecified atom stereocenters. The molecule has 0 bridgehead atoms. The lowest BCUT2D eigenvalue weighted by Crippen LogP contribution is -2.10. The number of anilines is 1. The van der Waals surface area contributed by atoms with E-state index < -0.39 is 14.0 Å². The lowest BCUT2D eigenvalue weighted by atomic mass is 10.7. The number of nitrogens with zero attached hydrogens (tertiary/aromatic N) is 3. The third kappa shape index (κ3) is 1.67. The van der Waals surface area contributed by atoms with Crippen LogP contribution < -0.4 is 4.90 Å². The fraction of sp³-hybridized carbons (Fsp3) is 0.333. The van der Waals surface area contributed by atoms with E-state index in [4.69, 9.17) is 8.22 Å². The van der Waals surface area contributed by atoms with Crippen LogP contribution in [0.2, 0.25) is 0 Å². The van der Waals surface area contributed by atoms with Crippen LogP contribution in [0.1, 0.15) is 8.22 Å². The molecule has 0 saturated heterocycles. The highest BCUT2D eigenvalue weighted by Crippen LogP contribution is 2.07. The Morgan fingerprint density at radius 1 is 1.50 bits per heavy atom. The molecule has 0 N–H and O–H groups in total. The van der Waals surface area contributed by atoms with E-state index in [1.165, 1.54) is 6.20 Å². The molecule has 4 heteroatoms. The lowest BCUT2D eigenvalue weighted by molar-refractivity contribution is 1.03. The zero-order valence-corrected chi connectivity index (χ0v) is 6.46. The summed E-state index contributed by atoms with van der Waals surface area (Å²) in [7, 11) is 0. The smallest absolute Gasteiger partial charge is 0.146 e. The van der Waals surface area contributed by atoms with Gasteiger partial charge in [0.05, 0.1) is 12.4 Å². The molecular formula is C6H8BrN3. The van der Waals surface area contributed by atoms with Gasteiger partial charge in [0.15, 0.2) is 0 Å². The van der Waals surface area contributed by atoms with E-state index in [2.05, 4.69) is 25.9 Å². The molecule has 0 aliphatic heterocycles. The van der Waals surface area contributed by atoms with Gasteiger partial charge in [0.2, 0.25) is 0 Å². The topological polar surface area (TPSA) is 29.0 Å². The minimum Gasteiger partial charge on any atom is -0.361 e. The Labute approximate surface area is 76.7 Å². The van der Waals surface area contributed by atoms with Crippen LogP contribution in [0.5, 0.6) is 0 Å². The van der Waals surface area contributed by atoms with Crippen LogP contribution in [0.4, 0.5) is 5.82 Å². The molecule has 0 amide bonds. The number of halogens is 1. The van der Waals surface area contributed by atoms with Crippen LogP contribution in [-0.4, -0.2) is 23.9 Å². The molecule has 0 fully saturated rings. The van der Waals surface area contributed by atoms with Crippen molar-refractivity contribution in [3.8, 4) is 0 Å². The highest BCUT2D eigenvalue weighted by molar-refractivity contribution is 9.10. The minimum absolute atomic E-state index is 0.219. The fourth-order valence-corrected chi connectivity index (χ4v) is 0.626. The zero-order valence-electron chi connectivity index (χ0n) is 10.9. The van der Waals surface area contributed by atoms with Crippen molar-refractivity contribution in [3.05, 3.63) is 17.0 Å². The van der Waals surface area contributed by atoms with E-state index in [1.54, 1.807) is 0 Å². The van der Waals surface area contributed by atoms with Crippen molar-refractivity contribution in [1.82, 2.24) is 9.97 Å². The molecule has 0 saturated carbocycles. The molecule has 0 aliphatic carbocycles. The van der Waals surface area contributed by atoms with Crippen LogP contribution in [-0.2, 0) is 0 Å². The Hall–Kier alpha value is -0.640. The van der Waals surface area contributed by atoms with Gasteiger partial charge in [0.25, 0.3) is 0 Å². The van der Waals surface area contributed by atoms with Gasteiger partial charge in [-0.2, -0.15) is 0 Å². The van der Waals surface area contributed by atoms with Crippen molar-refractivity contribution in [1.29, 1.82) is 0 Å². The molecule has 1 rings (SSSR count). The van der Waals surface area contributed by atoms with E-state index in [9.17, 15) is 0 Å². The molecule has 1 heterocycles. The Morgan fingerprint density at radius 3 is 2.80 bits per heavy atom. The Kier molecular flexibility index (Phi) is 0.822. The second-order valence-electron chi connectivity index (χ2n) is 1.53. The quantitative estimate of drug-likeness (QED) is 0.654. The van der Waals surface area contributed by atoms with Gasteiger partial charge in [-0.25, -0.2) is 9.97 Å². The van der Waals surface area contributed by atoms with Crippen LogP contribution in [0.3, 0.4) is 0 Å². The first-order valence-electron chi connectivity index (χ1n) is 5.40. The average Bonchev–Trinajstić information content (AvgIpc) is 2.03. The van der Waals surface area contributed by atoms with Gasteiger partial charge in [0, 0.05) is 22.2 Å². The first kappa shape index (κ1) is 2.77. The summed E-state index contributed by atoms with van der Waals surface area (Å²) >= 11 is 3.02. The van der Waals surface area contributed by atoms with Gasteiger partial charge >= 0.3 is 0 Å².